The van der Waals surface area contributed by atoms with Gasteiger partial charge in [0.2, 0.25) is 0 Å². The number of halogens is 1. The van der Waals surface area contributed by atoms with Gasteiger partial charge in [-0.25, -0.2) is 4.39 Å². The number of rotatable bonds is 2. The molecule has 1 N–H and O–H groups in total. The lowest BCUT2D eigenvalue weighted by Gasteiger charge is -2.31. The zero-order chi connectivity index (χ0) is 9.80. The molecule has 0 aliphatic carbocycles. The lowest BCUT2D eigenvalue weighted by molar-refractivity contribution is 0.221. The van der Waals surface area contributed by atoms with Crippen LogP contribution >= 0.6 is 0 Å². The monoisotopic (exact) mass is 198 g/mol. The zero-order valence-corrected chi connectivity index (χ0v) is 8.64. The molecule has 2 heterocycles. The van der Waals surface area contributed by atoms with Gasteiger partial charge in [0, 0.05) is 25.7 Å². The normalized spacial score (nSPS) is 30.1. The lowest BCUT2D eigenvalue weighted by Crippen LogP contribution is -2.45. The van der Waals surface area contributed by atoms with Crippen molar-refractivity contribution in [2.45, 2.75) is 31.7 Å². The Kier molecular flexibility index (Phi) is 3.54. The van der Waals surface area contributed by atoms with Gasteiger partial charge in [-0.15, -0.1) is 0 Å². The molecule has 80 valence electrons. The molecular weight excluding hydrogens is 179 g/mol. The molecule has 0 bridgehead atoms. The number of hydrogen-bond acceptors (Lipinski definition) is 2. The fourth-order valence-electron chi connectivity index (χ4n) is 2.31. The number of nitrogens with zero attached hydrogens (tertiary/aromatic N) is 1. The Morgan fingerprint density at radius 2 is 2.43 bits per heavy atom. The van der Waals surface area contributed by atoms with Crippen molar-refractivity contribution < 1.29 is 4.39 Å². The van der Waals surface area contributed by atoms with E-state index in [-0.39, 0.29) is 5.83 Å². The van der Waals surface area contributed by atoms with Crippen molar-refractivity contribution in [3.05, 3.63) is 11.9 Å². The van der Waals surface area contributed by atoms with Crippen molar-refractivity contribution in [2.24, 2.45) is 0 Å². The van der Waals surface area contributed by atoms with Crippen LogP contribution < -0.4 is 5.32 Å². The average Bonchev–Trinajstić information content (AvgIpc) is 2.19. The highest BCUT2D eigenvalue weighted by Crippen LogP contribution is 2.13. The minimum Gasteiger partial charge on any atom is -0.313 e. The van der Waals surface area contributed by atoms with E-state index in [1.165, 1.54) is 19.3 Å². The van der Waals surface area contributed by atoms with Crippen LogP contribution in [0.15, 0.2) is 11.9 Å². The van der Waals surface area contributed by atoms with Crippen LogP contribution in [0.3, 0.4) is 0 Å². The largest absolute Gasteiger partial charge is 0.313 e. The molecule has 2 aliphatic heterocycles. The van der Waals surface area contributed by atoms with E-state index in [1.54, 1.807) is 6.08 Å². The third kappa shape index (κ3) is 2.79. The molecule has 0 aromatic rings. The second-order valence-corrected chi connectivity index (χ2v) is 4.32. The second kappa shape index (κ2) is 4.89. The first-order valence-corrected chi connectivity index (χ1v) is 5.65. The highest BCUT2D eigenvalue weighted by molar-refractivity contribution is 4.99. The van der Waals surface area contributed by atoms with Crippen LogP contribution in [-0.4, -0.2) is 37.1 Å². The van der Waals surface area contributed by atoms with Gasteiger partial charge in [-0.05, 0) is 25.8 Å². The Bertz CT molecular complexity index is 209. The molecule has 1 atom stereocenters. The highest BCUT2D eigenvalue weighted by Gasteiger charge is 2.18. The first-order valence-electron chi connectivity index (χ1n) is 5.65. The maximum atomic E-state index is 13.0. The van der Waals surface area contributed by atoms with Gasteiger partial charge >= 0.3 is 0 Å². The van der Waals surface area contributed by atoms with Crippen LogP contribution in [-0.2, 0) is 0 Å². The number of nitrogens with one attached hydrogen (secondary N) is 1. The Labute approximate surface area is 85.2 Å². The molecule has 14 heavy (non-hydrogen) atoms. The van der Waals surface area contributed by atoms with Crippen molar-refractivity contribution in [3.8, 4) is 0 Å². The first-order chi connectivity index (χ1) is 6.84. The summed E-state index contributed by atoms with van der Waals surface area (Å²) in [6.45, 7) is 3.70. The minimum atomic E-state index is 0.0482. The predicted octanol–water partition coefficient (Wildman–Crippen LogP) is 1.69. The van der Waals surface area contributed by atoms with Crippen LogP contribution in [0.2, 0.25) is 0 Å². The van der Waals surface area contributed by atoms with Crippen molar-refractivity contribution >= 4 is 0 Å². The van der Waals surface area contributed by atoms with Crippen molar-refractivity contribution in [1.82, 2.24) is 10.2 Å². The Hall–Kier alpha value is -0.410. The van der Waals surface area contributed by atoms with Crippen LogP contribution in [0.1, 0.15) is 25.7 Å². The molecule has 0 unspecified atom stereocenters. The summed E-state index contributed by atoms with van der Waals surface area (Å²) in [4.78, 5) is 2.22. The summed E-state index contributed by atoms with van der Waals surface area (Å²) in [6, 6.07) is 0.592. The van der Waals surface area contributed by atoms with Crippen LogP contribution in [0.4, 0.5) is 4.39 Å². The third-order valence-electron chi connectivity index (χ3n) is 3.08. The summed E-state index contributed by atoms with van der Waals surface area (Å²) in [5, 5.41) is 3.50. The van der Waals surface area contributed by atoms with Crippen molar-refractivity contribution in [1.29, 1.82) is 0 Å². The SMILES string of the molecule is FC1=CCCN(C[C@@H]2CCCCN2)C1. The number of hydrogen-bond donors (Lipinski definition) is 1. The lowest BCUT2D eigenvalue weighted by atomic mass is 10.0. The Balaban J connectivity index is 1.76. The topological polar surface area (TPSA) is 15.3 Å². The molecule has 2 aliphatic rings. The average molecular weight is 198 g/mol. The van der Waals surface area contributed by atoms with E-state index >= 15 is 0 Å². The molecule has 0 radical (unpaired) electrons. The molecule has 2 nitrogen and oxygen atoms in total. The van der Waals surface area contributed by atoms with E-state index in [2.05, 4.69) is 10.2 Å². The summed E-state index contributed by atoms with van der Waals surface area (Å²) in [6.07, 6.45) is 6.46. The summed E-state index contributed by atoms with van der Waals surface area (Å²) in [5.41, 5.74) is 0. The van der Waals surface area contributed by atoms with Crippen molar-refractivity contribution in [2.75, 3.05) is 26.2 Å². The van der Waals surface area contributed by atoms with Gasteiger partial charge in [0.15, 0.2) is 0 Å². The van der Waals surface area contributed by atoms with E-state index in [4.69, 9.17) is 0 Å². The van der Waals surface area contributed by atoms with E-state index in [0.717, 1.165) is 26.1 Å². The maximum absolute atomic E-state index is 13.0. The van der Waals surface area contributed by atoms with E-state index in [0.29, 0.717) is 12.6 Å². The third-order valence-corrected chi connectivity index (χ3v) is 3.08. The highest BCUT2D eigenvalue weighted by atomic mass is 19.1. The summed E-state index contributed by atoms with van der Waals surface area (Å²) in [5.74, 6) is 0.0482. The molecule has 1 saturated heterocycles. The fraction of sp³-hybridized carbons (Fsp3) is 0.818. The standard InChI is InChI=1S/C11H19FN2/c12-10-4-3-7-14(8-10)9-11-5-1-2-6-13-11/h4,11,13H,1-3,5-9H2/t11-/m0/s1. The molecular formula is C11H19FN2. The van der Waals surface area contributed by atoms with Crippen LogP contribution in [0.5, 0.6) is 0 Å². The predicted molar refractivity (Wildman–Crippen MR) is 55.9 cm³/mol. The quantitative estimate of drug-likeness (QED) is 0.726. The van der Waals surface area contributed by atoms with E-state index < -0.39 is 0 Å². The van der Waals surface area contributed by atoms with Gasteiger partial charge in [0.05, 0.1) is 0 Å². The molecule has 0 spiro atoms. The van der Waals surface area contributed by atoms with Crippen LogP contribution in [0.25, 0.3) is 0 Å². The van der Waals surface area contributed by atoms with E-state index in [1.807, 2.05) is 0 Å². The summed E-state index contributed by atoms with van der Waals surface area (Å²) < 4.78 is 13.0. The van der Waals surface area contributed by atoms with Crippen LogP contribution in [0, 0.1) is 0 Å². The van der Waals surface area contributed by atoms with Gasteiger partial charge in [-0.1, -0.05) is 12.5 Å². The van der Waals surface area contributed by atoms with Gasteiger partial charge in [0.1, 0.15) is 5.83 Å². The molecule has 0 aromatic heterocycles. The minimum absolute atomic E-state index is 0.0482. The molecule has 2 rings (SSSR count). The van der Waals surface area contributed by atoms with Gasteiger partial charge in [-0.2, -0.15) is 0 Å². The van der Waals surface area contributed by atoms with Gasteiger partial charge in [0.25, 0.3) is 0 Å². The van der Waals surface area contributed by atoms with Gasteiger partial charge < -0.3 is 5.32 Å². The van der Waals surface area contributed by atoms with Crippen molar-refractivity contribution in [3.63, 3.8) is 0 Å². The first kappa shape index (κ1) is 10.1. The van der Waals surface area contributed by atoms with E-state index in [9.17, 15) is 4.39 Å². The Morgan fingerprint density at radius 3 is 3.14 bits per heavy atom. The molecule has 0 aromatic carbocycles. The summed E-state index contributed by atoms with van der Waals surface area (Å²) in [7, 11) is 0. The Morgan fingerprint density at radius 1 is 1.50 bits per heavy atom. The second-order valence-electron chi connectivity index (χ2n) is 4.32. The van der Waals surface area contributed by atoms with Gasteiger partial charge in [-0.3, -0.25) is 4.90 Å². The molecule has 0 saturated carbocycles. The zero-order valence-electron chi connectivity index (χ0n) is 8.64. The fourth-order valence-corrected chi connectivity index (χ4v) is 2.31. The summed E-state index contributed by atoms with van der Waals surface area (Å²) >= 11 is 0. The maximum Gasteiger partial charge on any atom is 0.110 e. The molecule has 3 heteroatoms. The number of piperidine rings is 1. The smallest absolute Gasteiger partial charge is 0.110 e. The molecule has 0 amide bonds. The molecule has 1 fully saturated rings.